The van der Waals surface area contributed by atoms with Gasteiger partial charge in [-0.2, -0.15) is 0 Å². The van der Waals surface area contributed by atoms with Gasteiger partial charge in [-0.3, -0.25) is 4.98 Å². The van der Waals surface area contributed by atoms with Crippen molar-refractivity contribution in [2.75, 3.05) is 12.5 Å². The highest BCUT2D eigenvalue weighted by molar-refractivity contribution is 7.91. The first-order valence-electron chi connectivity index (χ1n) is 9.40. The van der Waals surface area contributed by atoms with Gasteiger partial charge in [0.25, 0.3) is 0 Å². The van der Waals surface area contributed by atoms with E-state index < -0.39 is 19.7 Å². The van der Waals surface area contributed by atoms with Crippen LogP contribution in [-0.4, -0.2) is 34.3 Å². The highest BCUT2D eigenvalue weighted by Gasteiger charge is 2.17. The van der Waals surface area contributed by atoms with Crippen LogP contribution in [0.1, 0.15) is 0 Å². The van der Waals surface area contributed by atoms with E-state index in [2.05, 4.69) is 4.98 Å². The largest absolute Gasteiger partial charge is 0.457 e. The summed E-state index contributed by atoms with van der Waals surface area (Å²) in [6.07, 6.45) is 3.81. The van der Waals surface area contributed by atoms with Crippen LogP contribution in [0.3, 0.4) is 0 Å². The standard InChI is InChI=1S/C23H18ClNO5S2/c1-31(26,27)17-6-3-5-15(13-17)30-16-9-10-21(24)20(14-16)18-11-12-25-23-19(18)7-4-8-22(23)32(2,28)29/h3-14H,1-2H3. The number of hydrogen-bond donors (Lipinski definition) is 0. The molecule has 0 N–H and O–H groups in total. The zero-order valence-corrected chi connectivity index (χ0v) is 19.5. The Hall–Kier alpha value is -2.94. The van der Waals surface area contributed by atoms with Crippen molar-refractivity contribution in [1.29, 1.82) is 0 Å². The summed E-state index contributed by atoms with van der Waals surface area (Å²) in [6, 6.07) is 18.0. The average Bonchev–Trinajstić information content (AvgIpc) is 2.73. The van der Waals surface area contributed by atoms with Crippen LogP contribution in [0.4, 0.5) is 0 Å². The molecule has 0 saturated carbocycles. The summed E-state index contributed by atoms with van der Waals surface area (Å²) in [7, 11) is -6.85. The van der Waals surface area contributed by atoms with Gasteiger partial charge in [0, 0.05) is 34.7 Å². The van der Waals surface area contributed by atoms with Crippen molar-refractivity contribution in [2.45, 2.75) is 9.79 Å². The van der Waals surface area contributed by atoms with Gasteiger partial charge in [0.2, 0.25) is 0 Å². The molecule has 0 radical (unpaired) electrons. The molecule has 164 valence electrons. The number of halogens is 1. The van der Waals surface area contributed by atoms with E-state index >= 15 is 0 Å². The highest BCUT2D eigenvalue weighted by Crippen LogP contribution is 2.37. The molecule has 0 fully saturated rings. The molecule has 4 rings (SSSR count). The Bertz CT molecular complexity index is 1560. The number of fused-ring (bicyclic) bond motifs is 1. The molecule has 1 heterocycles. The summed E-state index contributed by atoms with van der Waals surface area (Å²) in [4.78, 5) is 4.56. The first-order valence-corrected chi connectivity index (χ1v) is 13.6. The summed E-state index contributed by atoms with van der Waals surface area (Å²) in [6.45, 7) is 0. The minimum Gasteiger partial charge on any atom is -0.457 e. The second-order valence-electron chi connectivity index (χ2n) is 7.27. The lowest BCUT2D eigenvalue weighted by Crippen LogP contribution is -2.00. The molecule has 3 aromatic carbocycles. The fraction of sp³-hybridized carbons (Fsp3) is 0.0870. The predicted molar refractivity (Wildman–Crippen MR) is 125 cm³/mol. The second-order valence-corrected chi connectivity index (χ2v) is 11.7. The molecular formula is C23H18ClNO5S2. The lowest BCUT2D eigenvalue weighted by molar-refractivity contribution is 0.481. The molecule has 4 aromatic rings. The van der Waals surface area contributed by atoms with Gasteiger partial charge < -0.3 is 4.74 Å². The minimum atomic E-state index is -3.47. The topological polar surface area (TPSA) is 90.4 Å². The van der Waals surface area contributed by atoms with Crippen LogP contribution >= 0.6 is 11.6 Å². The van der Waals surface area contributed by atoms with Crippen molar-refractivity contribution in [3.05, 3.63) is 77.9 Å². The average molecular weight is 488 g/mol. The van der Waals surface area contributed by atoms with Crippen molar-refractivity contribution in [3.8, 4) is 22.6 Å². The third-order valence-electron chi connectivity index (χ3n) is 4.83. The summed E-state index contributed by atoms with van der Waals surface area (Å²) in [5, 5.41) is 1.08. The van der Waals surface area contributed by atoms with E-state index in [1.54, 1.807) is 48.5 Å². The molecule has 0 aliphatic heterocycles. The van der Waals surface area contributed by atoms with Crippen LogP contribution in [0.25, 0.3) is 22.0 Å². The molecule has 0 unspecified atom stereocenters. The molecule has 0 spiro atoms. The molecule has 9 heteroatoms. The fourth-order valence-electron chi connectivity index (χ4n) is 3.36. The van der Waals surface area contributed by atoms with Crippen molar-refractivity contribution < 1.29 is 21.6 Å². The van der Waals surface area contributed by atoms with E-state index in [1.807, 2.05) is 0 Å². The number of aromatic nitrogens is 1. The Labute approximate surface area is 191 Å². The maximum absolute atomic E-state index is 12.2. The summed E-state index contributed by atoms with van der Waals surface area (Å²) >= 11 is 6.48. The number of hydrogen-bond acceptors (Lipinski definition) is 6. The van der Waals surface area contributed by atoms with Gasteiger partial charge in [0.15, 0.2) is 19.7 Å². The molecule has 1 aromatic heterocycles. The Balaban J connectivity index is 1.82. The van der Waals surface area contributed by atoms with Crippen LogP contribution in [-0.2, 0) is 19.7 Å². The molecular weight excluding hydrogens is 470 g/mol. The lowest BCUT2D eigenvalue weighted by atomic mass is 10.0. The van der Waals surface area contributed by atoms with E-state index in [9.17, 15) is 16.8 Å². The maximum Gasteiger partial charge on any atom is 0.177 e. The van der Waals surface area contributed by atoms with E-state index in [0.29, 0.717) is 38.6 Å². The predicted octanol–water partition coefficient (Wildman–Crippen LogP) is 5.15. The third kappa shape index (κ3) is 4.48. The van der Waals surface area contributed by atoms with Crippen LogP contribution in [0.15, 0.2) is 82.7 Å². The van der Waals surface area contributed by atoms with E-state index in [4.69, 9.17) is 16.3 Å². The minimum absolute atomic E-state index is 0.137. The Morgan fingerprint density at radius 3 is 2.22 bits per heavy atom. The van der Waals surface area contributed by atoms with Gasteiger partial charge in [-0.25, -0.2) is 16.8 Å². The zero-order valence-electron chi connectivity index (χ0n) is 17.1. The third-order valence-corrected chi connectivity index (χ3v) is 7.40. The molecule has 6 nitrogen and oxygen atoms in total. The lowest BCUT2D eigenvalue weighted by Gasteiger charge is -2.13. The van der Waals surface area contributed by atoms with Gasteiger partial charge in [0.1, 0.15) is 11.5 Å². The second kappa shape index (κ2) is 8.20. The number of sulfone groups is 2. The van der Waals surface area contributed by atoms with Crippen LogP contribution in [0.5, 0.6) is 11.5 Å². The van der Waals surface area contributed by atoms with Gasteiger partial charge in [-0.1, -0.05) is 29.8 Å². The smallest absolute Gasteiger partial charge is 0.177 e. The molecule has 32 heavy (non-hydrogen) atoms. The van der Waals surface area contributed by atoms with Crippen LogP contribution in [0, 0.1) is 0 Å². The first-order chi connectivity index (χ1) is 15.0. The summed E-state index contributed by atoms with van der Waals surface area (Å²) < 4.78 is 53.9. The normalized spacial score (nSPS) is 12.1. The quantitative estimate of drug-likeness (QED) is 0.386. The number of para-hydroxylation sites is 1. The summed E-state index contributed by atoms with van der Waals surface area (Å²) in [5.74, 6) is 0.805. The highest BCUT2D eigenvalue weighted by atomic mass is 35.5. The molecule has 0 aliphatic rings. The van der Waals surface area contributed by atoms with Crippen molar-refractivity contribution in [3.63, 3.8) is 0 Å². The summed E-state index contributed by atoms with van der Waals surface area (Å²) in [5.41, 5.74) is 1.68. The SMILES string of the molecule is CS(=O)(=O)c1cccc(Oc2ccc(Cl)c(-c3ccnc4c(S(C)(=O)=O)cccc34)c2)c1. The Morgan fingerprint density at radius 1 is 0.781 bits per heavy atom. The van der Waals surface area contributed by atoms with E-state index in [-0.39, 0.29) is 9.79 Å². The van der Waals surface area contributed by atoms with Gasteiger partial charge in [0.05, 0.1) is 15.3 Å². The number of nitrogens with zero attached hydrogens (tertiary/aromatic N) is 1. The first kappa shape index (κ1) is 22.3. The zero-order chi connectivity index (χ0) is 23.1. The van der Waals surface area contributed by atoms with Gasteiger partial charge in [-0.05, 0) is 54.1 Å². The maximum atomic E-state index is 12.2. The van der Waals surface area contributed by atoms with Crippen molar-refractivity contribution >= 4 is 42.2 Å². The van der Waals surface area contributed by atoms with E-state index in [0.717, 1.165) is 12.5 Å². The molecule has 0 atom stereocenters. The van der Waals surface area contributed by atoms with Crippen LogP contribution in [0.2, 0.25) is 5.02 Å². The van der Waals surface area contributed by atoms with Gasteiger partial charge >= 0.3 is 0 Å². The fourth-order valence-corrected chi connectivity index (χ4v) is 5.08. The molecule has 0 bridgehead atoms. The molecule has 0 amide bonds. The number of benzene rings is 3. The Morgan fingerprint density at radius 2 is 1.50 bits per heavy atom. The number of pyridine rings is 1. The van der Waals surface area contributed by atoms with Crippen LogP contribution < -0.4 is 4.74 Å². The van der Waals surface area contributed by atoms with Crippen molar-refractivity contribution in [1.82, 2.24) is 4.98 Å². The number of rotatable bonds is 5. The van der Waals surface area contributed by atoms with E-state index in [1.165, 1.54) is 24.4 Å². The van der Waals surface area contributed by atoms with Gasteiger partial charge in [-0.15, -0.1) is 0 Å². The Kier molecular flexibility index (Phi) is 5.70. The molecule has 0 saturated heterocycles. The number of ether oxygens (including phenoxy) is 1. The monoisotopic (exact) mass is 487 g/mol. The molecule has 0 aliphatic carbocycles. The van der Waals surface area contributed by atoms with Crippen molar-refractivity contribution in [2.24, 2.45) is 0 Å².